The van der Waals surface area contributed by atoms with Crippen molar-refractivity contribution < 1.29 is 4.74 Å². The summed E-state index contributed by atoms with van der Waals surface area (Å²) in [4.78, 5) is 2.61. The SMILES string of the molecule is Cl.Cl.c1ccc(Cc2ccc(OCCCNCCCN3CCCCC3)cc2)cc1. The molecule has 0 bridgehead atoms. The lowest BCUT2D eigenvalue weighted by Gasteiger charge is -2.26. The summed E-state index contributed by atoms with van der Waals surface area (Å²) in [5.41, 5.74) is 2.67. The normalized spacial score (nSPS) is 13.9. The van der Waals surface area contributed by atoms with Gasteiger partial charge in [0.05, 0.1) is 6.61 Å². The van der Waals surface area contributed by atoms with E-state index in [2.05, 4.69) is 64.8 Å². The van der Waals surface area contributed by atoms with Gasteiger partial charge in [0.1, 0.15) is 5.75 Å². The van der Waals surface area contributed by atoms with E-state index in [0.29, 0.717) is 0 Å². The number of benzene rings is 2. The van der Waals surface area contributed by atoms with Gasteiger partial charge in [-0.3, -0.25) is 0 Å². The Hall–Kier alpha value is -1.26. The summed E-state index contributed by atoms with van der Waals surface area (Å²) in [6, 6.07) is 19.1. The maximum absolute atomic E-state index is 5.86. The Morgan fingerprint density at radius 2 is 1.41 bits per heavy atom. The van der Waals surface area contributed by atoms with Crippen molar-refractivity contribution >= 4 is 24.8 Å². The van der Waals surface area contributed by atoms with Crippen LogP contribution < -0.4 is 10.1 Å². The van der Waals surface area contributed by atoms with Crippen LogP contribution >= 0.6 is 24.8 Å². The summed E-state index contributed by atoms with van der Waals surface area (Å²) in [7, 11) is 0. The van der Waals surface area contributed by atoms with Crippen molar-refractivity contribution in [3.8, 4) is 5.75 Å². The van der Waals surface area contributed by atoms with Crippen molar-refractivity contribution in [2.75, 3.05) is 39.3 Å². The van der Waals surface area contributed by atoms with Gasteiger partial charge >= 0.3 is 0 Å². The van der Waals surface area contributed by atoms with Gasteiger partial charge in [0.25, 0.3) is 0 Å². The Morgan fingerprint density at radius 3 is 2.14 bits per heavy atom. The third-order valence-corrected chi connectivity index (χ3v) is 5.22. The highest BCUT2D eigenvalue weighted by atomic mass is 35.5. The molecule has 1 aliphatic rings. The maximum atomic E-state index is 5.86. The Labute approximate surface area is 189 Å². The molecule has 0 atom stereocenters. The van der Waals surface area contributed by atoms with E-state index in [1.807, 2.05) is 0 Å². The molecule has 0 amide bonds. The van der Waals surface area contributed by atoms with Gasteiger partial charge in [-0.25, -0.2) is 0 Å². The van der Waals surface area contributed by atoms with Gasteiger partial charge < -0.3 is 15.0 Å². The van der Waals surface area contributed by atoms with Crippen LogP contribution in [0.5, 0.6) is 5.75 Å². The molecule has 1 fully saturated rings. The molecule has 0 radical (unpaired) electrons. The van der Waals surface area contributed by atoms with Gasteiger partial charge in [0.2, 0.25) is 0 Å². The van der Waals surface area contributed by atoms with Gasteiger partial charge in [-0.05, 0) is 88.1 Å². The van der Waals surface area contributed by atoms with E-state index in [1.54, 1.807) is 0 Å². The predicted molar refractivity (Wildman–Crippen MR) is 128 cm³/mol. The molecule has 0 aliphatic carbocycles. The second-order valence-corrected chi connectivity index (χ2v) is 7.51. The number of likely N-dealkylation sites (tertiary alicyclic amines) is 1. The van der Waals surface area contributed by atoms with Crippen LogP contribution in [0.15, 0.2) is 54.6 Å². The number of hydrogen-bond acceptors (Lipinski definition) is 3. The second kappa shape index (κ2) is 15.6. The number of piperidine rings is 1. The van der Waals surface area contributed by atoms with Crippen LogP contribution in [0.2, 0.25) is 0 Å². The molecule has 0 aromatic heterocycles. The lowest BCUT2D eigenvalue weighted by molar-refractivity contribution is 0.225. The molecule has 1 saturated heterocycles. The van der Waals surface area contributed by atoms with Crippen LogP contribution in [0.3, 0.4) is 0 Å². The molecular weight excluding hydrogens is 403 g/mol. The van der Waals surface area contributed by atoms with E-state index < -0.39 is 0 Å². The number of nitrogens with zero attached hydrogens (tertiary/aromatic N) is 1. The maximum Gasteiger partial charge on any atom is 0.119 e. The minimum absolute atomic E-state index is 0. The first-order valence-electron chi connectivity index (χ1n) is 10.6. The zero-order chi connectivity index (χ0) is 18.6. The predicted octanol–water partition coefficient (Wildman–Crippen LogP) is 5.36. The number of nitrogens with one attached hydrogen (secondary N) is 1. The van der Waals surface area contributed by atoms with Crippen LogP contribution in [0, 0.1) is 0 Å². The number of ether oxygens (including phenoxy) is 1. The summed E-state index contributed by atoms with van der Waals surface area (Å²) in [5, 5.41) is 3.54. The van der Waals surface area contributed by atoms with Gasteiger partial charge in [-0.15, -0.1) is 24.8 Å². The van der Waals surface area contributed by atoms with Gasteiger partial charge in [-0.1, -0.05) is 48.9 Å². The van der Waals surface area contributed by atoms with Crippen molar-refractivity contribution in [1.29, 1.82) is 0 Å². The van der Waals surface area contributed by atoms with Crippen molar-refractivity contribution in [3.05, 3.63) is 65.7 Å². The van der Waals surface area contributed by atoms with Crippen LogP contribution in [0.25, 0.3) is 0 Å². The average Bonchev–Trinajstić information content (AvgIpc) is 2.73. The molecule has 2 aromatic carbocycles. The van der Waals surface area contributed by atoms with Gasteiger partial charge in [0.15, 0.2) is 0 Å². The highest BCUT2D eigenvalue weighted by molar-refractivity contribution is 5.85. The highest BCUT2D eigenvalue weighted by Gasteiger charge is 2.08. The molecule has 0 unspecified atom stereocenters. The molecule has 29 heavy (non-hydrogen) atoms. The zero-order valence-electron chi connectivity index (χ0n) is 17.4. The Balaban J connectivity index is 0.00000210. The van der Waals surface area contributed by atoms with Crippen LogP contribution in [0.1, 0.15) is 43.2 Å². The van der Waals surface area contributed by atoms with Gasteiger partial charge in [0, 0.05) is 0 Å². The summed E-state index contributed by atoms with van der Waals surface area (Å²) < 4.78 is 5.86. The summed E-state index contributed by atoms with van der Waals surface area (Å²) in [6.07, 6.45) is 7.47. The topological polar surface area (TPSA) is 24.5 Å². The first kappa shape index (κ1) is 25.8. The van der Waals surface area contributed by atoms with E-state index in [-0.39, 0.29) is 24.8 Å². The molecule has 0 spiro atoms. The van der Waals surface area contributed by atoms with Crippen LogP contribution in [-0.4, -0.2) is 44.2 Å². The molecule has 5 heteroatoms. The fraction of sp³-hybridized carbons (Fsp3) is 0.500. The largest absolute Gasteiger partial charge is 0.494 e. The molecule has 0 saturated carbocycles. The highest BCUT2D eigenvalue weighted by Crippen LogP contribution is 2.15. The van der Waals surface area contributed by atoms with Gasteiger partial charge in [-0.2, -0.15) is 0 Å². The lowest BCUT2D eigenvalue weighted by atomic mass is 10.1. The minimum atomic E-state index is 0. The fourth-order valence-corrected chi connectivity index (χ4v) is 3.66. The minimum Gasteiger partial charge on any atom is -0.494 e. The average molecular weight is 439 g/mol. The molecular formula is C24H36Cl2N2O. The summed E-state index contributed by atoms with van der Waals surface area (Å²) in [6.45, 7) is 6.78. The Bertz CT molecular complexity index is 631. The third-order valence-electron chi connectivity index (χ3n) is 5.22. The van der Waals surface area contributed by atoms with Crippen LogP contribution in [0.4, 0.5) is 0 Å². The van der Waals surface area contributed by atoms with Crippen molar-refractivity contribution in [2.45, 2.75) is 38.5 Å². The smallest absolute Gasteiger partial charge is 0.119 e. The first-order valence-corrected chi connectivity index (χ1v) is 10.6. The van der Waals surface area contributed by atoms with E-state index in [4.69, 9.17) is 4.74 Å². The van der Waals surface area contributed by atoms with Crippen LogP contribution in [-0.2, 0) is 6.42 Å². The Morgan fingerprint density at radius 1 is 0.759 bits per heavy atom. The van der Waals surface area contributed by atoms with Crippen molar-refractivity contribution in [3.63, 3.8) is 0 Å². The summed E-state index contributed by atoms with van der Waals surface area (Å²) in [5.74, 6) is 0.969. The lowest BCUT2D eigenvalue weighted by Crippen LogP contribution is -2.32. The molecule has 3 rings (SSSR count). The monoisotopic (exact) mass is 438 g/mol. The zero-order valence-corrected chi connectivity index (χ0v) is 19.0. The fourth-order valence-electron chi connectivity index (χ4n) is 3.66. The molecule has 162 valence electrons. The van der Waals surface area contributed by atoms with Crippen molar-refractivity contribution in [2.24, 2.45) is 0 Å². The van der Waals surface area contributed by atoms with E-state index in [1.165, 1.54) is 56.4 Å². The van der Waals surface area contributed by atoms with Crippen molar-refractivity contribution in [1.82, 2.24) is 10.2 Å². The molecule has 3 nitrogen and oxygen atoms in total. The molecule has 1 N–H and O–H groups in total. The second-order valence-electron chi connectivity index (χ2n) is 7.51. The van der Waals surface area contributed by atoms with E-state index in [0.717, 1.165) is 38.3 Å². The standard InChI is InChI=1S/C24H34N2O.2ClH/c1-3-9-22(10-4-1)21-23-11-13-24(14-12-23)27-20-8-16-25-15-7-19-26-17-5-2-6-18-26;;/h1,3-4,9-14,25H,2,5-8,15-21H2;2*1H. The molecule has 1 aliphatic heterocycles. The Kier molecular flexibility index (Phi) is 13.8. The molecule has 2 aromatic rings. The first-order chi connectivity index (χ1) is 13.4. The summed E-state index contributed by atoms with van der Waals surface area (Å²) >= 11 is 0. The van der Waals surface area contributed by atoms with E-state index in [9.17, 15) is 0 Å². The quantitative estimate of drug-likeness (QED) is 0.478. The molecule has 1 heterocycles. The number of halogens is 2. The van der Waals surface area contributed by atoms with E-state index >= 15 is 0 Å². The number of rotatable bonds is 11. The number of hydrogen-bond donors (Lipinski definition) is 1. The third kappa shape index (κ3) is 10.4.